The van der Waals surface area contributed by atoms with Gasteiger partial charge in [-0.25, -0.2) is 0 Å². The maximum absolute atomic E-state index is 9.08. The second kappa shape index (κ2) is 3.92. The van der Waals surface area contributed by atoms with Crippen molar-refractivity contribution in [3.05, 3.63) is 11.1 Å². The summed E-state index contributed by atoms with van der Waals surface area (Å²) in [4.78, 5) is 1.10. The van der Waals surface area contributed by atoms with Crippen molar-refractivity contribution in [1.82, 2.24) is 0 Å². The van der Waals surface area contributed by atoms with E-state index in [1.807, 2.05) is 0 Å². The van der Waals surface area contributed by atoms with E-state index in [1.165, 1.54) is 24.0 Å². The van der Waals surface area contributed by atoms with Crippen molar-refractivity contribution in [1.29, 1.82) is 5.26 Å². The Bertz CT molecular complexity index is 343. The zero-order valence-electron chi connectivity index (χ0n) is 8.12. The van der Waals surface area contributed by atoms with Crippen molar-refractivity contribution < 1.29 is 0 Å². The zero-order chi connectivity index (χ0) is 10.1. The molecule has 1 heterocycles. The SMILES string of the molecule is B=C1SC(N)C(C#N)C2=C1CCCC2. The molecule has 2 unspecified atom stereocenters. The number of nitrogens with zero attached hydrogens (tertiary/aromatic N) is 1. The van der Waals surface area contributed by atoms with Crippen LogP contribution in [0.25, 0.3) is 0 Å². The summed E-state index contributed by atoms with van der Waals surface area (Å²) in [7, 11) is 4.03. The monoisotopic (exact) mass is 204 g/mol. The van der Waals surface area contributed by atoms with Crippen LogP contribution in [0.4, 0.5) is 0 Å². The van der Waals surface area contributed by atoms with Crippen molar-refractivity contribution in [2.45, 2.75) is 31.1 Å². The molecule has 0 fully saturated rings. The van der Waals surface area contributed by atoms with Crippen molar-refractivity contribution in [3.8, 4) is 6.07 Å². The van der Waals surface area contributed by atoms with E-state index >= 15 is 0 Å². The second-order valence-electron chi connectivity index (χ2n) is 3.82. The molecule has 14 heavy (non-hydrogen) atoms. The number of hydrogen-bond acceptors (Lipinski definition) is 3. The van der Waals surface area contributed by atoms with Gasteiger partial charge in [-0.2, -0.15) is 0 Å². The minimum absolute atomic E-state index is 0.0826. The average Bonchev–Trinajstić information content (AvgIpc) is 2.18. The molecule has 0 aromatic rings. The van der Waals surface area contributed by atoms with Gasteiger partial charge in [-0.1, -0.05) is 0 Å². The van der Waals surface area contributed by atoms with Crippen LogP contribution >= 0.6 is 11.8 Å². The van der Waals surface area contributed by atoms with Crippen molar-refractivity contribution >= 4 is 24.0 Å². The molecule has 2 atom stereocenters. The van der Waals surface area contributed by atoms with Gasteiger partial charge in [-0.05, 0) is 0 Å². The minimum atomic E-state index is -0.107. The van der Waals surface area contributed by atoms with Crippen LogP contribution in [0.3, 0.4) is 0 Å². The molecule has 0 aromatic heterocycles. The molecule has 1 aliphatic heterocycles. The quantitative estimate of drug-likeness (QED) is 0.600. The molecular formula is C10H13BN2S. The second-order valence-corrected chi connectivity index (χ2v) is 5.10. The summed E-state index contributed by atoms with van der Waals surface area (Å²) < 4.78 is 0. The van der Waals surface area contributed by atoms with Gasteiger partial charge in [0.05, 0.1) is 0 Å². The molecule has 0 amide bonds. The Morgan fingerprint density at radius 2 is 2.14 bits per heavy atom. The maximum atomic E-state index is 9.08. The number of nitrogens with two attached hydrogens (primary N) is 1. The van der Waals surface area contributed by atoms with Gasteiger partial charge in [0.25, 0.3) is 0 Å². The van der Waals surface area contributed by atoms with E-state index in [2.05, 4.69) is 13.6 Å². The van der Waals surface area contributed by atoms with Gasteiger partial charge in [-0.3, -0.25) is 0 Å². The van der Waals surface area contributed by atoms with E-state index < -0.39 is 0 Å². The fraction of sp³-hybridized carbons (Fsp3) is 0.600. The molecule has 0 spiro atoms. The van der Waals surface area contributed by atoms with Crippen LogP contribution < -0.4 is 5.73 Å². The van der Waals surface area contributed by atoms with Crippen LogP contribution in [0.15, 0.2) is 11.1 Å². The normalized spacial score (nSPS) is 32.4. The zero-order valence-corrected chi connectivity index (χ0v) is 8.94. The Balaban J connectivity index is 2.40. The Kier molecular flexibility index (Phi) is 2.80. The van der Waals surface area contributed by atoms with Crippen LogP contribution in [0.2, 0.25) is 0 Å². The summed E-state index contributed by atoms with van der Waals surface area (Å²) >= 11 is 1.56. The Morgan fingerprint density at radius 1 is 1.43 bits per heavy atom. The molecule has 72 valence electrons. The number of thioether (sulfide) groups is 1. The molecular weight excluding hydrogens is 191 g/mol. The number of nitriles is 1. The standard InChI is InChI=1S/C10H13BN2S/c11-9-7-4-2-1-3-6(7)8(5-12)10(13)14-9/h8,10-11H,1-4,13H2. The van der Waals surface area contributed by atoms with Crippen LogP contribution in [-0.2, 0) is 0 Å². The number of rotatable bonds is 0. The molecule has 2 nitrogen and oxygen atoms in total. The first-order chi connectivity index (χ1) is 6.74. The van der Waals surface area contributed by atoms with Crippen molar-refractivity contribution in [2.24, 2.45) is 11.7 Å². The average molecular weight is 204 g/mol. The topological polar surface area (TPSA) is 49.8 Å². The summed E-state index contributed by atoms with van der Waals surface area (Å²) in [6.07, 6.45) is 4.56. The molecule has 4 heteroatoms. The van der Waals surface area contributed by atoms with Crippen LogP contribution in [0, 0.1) is 17.2 Å². The molecule has 0 saturated carbocycles. The predicted molar refractivity (Wildman–Crippen MR) is 62.3 cm³/mol. The molecule has 1 aliphatic carbocycles. The summed E-state index contributed by atoms with van der Waals surface area (Å²) in [6, 6.07) is 2.33. The summed E-state index contributed by atoms with van der Waals surface area (Å²) in [6.45, 7) is 0. The summed E-state index contributed by atoms with van der Waals surface area (Å²) in [5.74, 6) is -0.0826. The summed E-state index contributed by atoms with van der Waals surface area (Å²) in [5, 5.41) is 8.97. The fourth-order valence-corrected chi connectivity index (χ4v) is 3.31. The van der Waals surface area contributed by atoms with E-state index in [9.17, 15) is 0 Å². The van der Waals surface area contributed by atoms with Gasteiger partial charge in [-0.15, -0.1) is 0 Å². The van der Waals surface area contributed by atoms with Gasteiger partial charge in [0.1, 0.15) is 0 Å². The fourth-order valence-electron chi connectivity index (χ4n) is 2.24. The Morgan fingerprint density at radius 3 is 2.86 bits per heavy atom. The van der Waals surface area contributed by atoms with E-state index in [0.717, 1.165) is 17.6 Å². The Labute approximate surface area is 89.6 Å². The molecule has 0 bridgehead atoms. The third-order valence-corrected chi connectivity index (χ3v) is 4.04. The van der Waals surface area contributed by atoms with Gasteiger partial charge >= 0.3 is 89.2 Å². The number of hydrogen-bond donors (Lipinski definition) is 1. The molecule has 0 aromatic carbocycles. The van der Waals surface area contributed by atoms with Gasteiger partial charge in [0, 0.05) is 0 Å². The van der Waals surface area contributed by atoms with E-state index in [4.69, 9.17) is 11.0 Å². The van der Waals surface area contributed by atoms with Crippen LogP contribution in [0.5, 0.6) is 0 Å². The predicted octanol–water partition coefficient (Wildman–Crippen LogP) is 1.06. The third kappa shape index (κ3) is 1.55. The van der Waals surface area contributed by atoms with Crippen LogP contribution in [0.1, 0.15) is 25.7 Å². The van der Waals surface area contributed by atoms with Gasteiger partial charge in [0.2, 0.25) is 0 Å². The van der Waals surface area contributed by atoms with Crippen LogP contribution in [-0.4, -0.2) is 17.7 Å². The molecule has 2 aliphatic rings. The van der Waals surface area contributed by atoms with E-state index in [-0.39, 0.29) is 11.3 Å². The third-order valence-electron chi connectivity index (χ3n) is 2.97. The molecule has 2 N–H and O–H groups in total. The molecule has 2 rings (SSSR count). The first-order valence-corrected chi connectivity index (χ1v) is 5.85. The van der Waals surface area contributed by atoms with E-state index in [0.29, 0.717) is 0 Å². The van der Waals surface area contributed by atoms with E-state index in [1.54, 1.807) is 11.8 Å². The van der Waals surface area contributed by atoms with Crippen molar-refractivity contribution in [2.75, 3.05) is 0 Å². The van der Waals surface area contributed by atoms with Gasteiger partial charge in [0.15, 0.2) is 0 Å². The van der Waals surface area contributed by atoms with Crippen molar-refractivity contribution in [3.63, 3.8) is 0 Å². The first-order valence-electron chi connectivity index (χ1n) is 4.97. The Hall–Kier alpha value is -0.525. The first kappa shape index (κ1) is 10.0. The van der Waals surface area contributed by atoms with Gasteiger partial charge < -0.3 is 0 Å². The molecule has 0 radical (unpaired) electrons. The molecule has 0 saturated heterocycles. The summed E-state index contributed by atoms with van der Waals surface area (Å²) in [5.41, 5.74) is 8.53.